The van der Waals surface area contributed by atoms with Gasteiger partial charge in [-0.15, -0.1) is 0 Å². The number of nitrogens with one attached hydrogen (secondary N) is 2. The largest absolute Gasteiger partial charge is 0.382 e. The highest BCUT2D eigenvalue weighted by molar-refractivity contribution is 7.18. The molecule has 7 nitrogen and oxygen atoms in total. The van der Waals surface area contributed by atoms with Gasteiger partial charge in [0.25, 0.3) is 5.91 Å². The Bertz CT molecular complexity index is 470. The van der Waals surface area contributed by atoms with Gasteiger partial charge in [0.1, 0.15) is 10.7 Å². The molecular formula is C12H21N5O2S. The number of nitrogens with two attached hydrogens (primary N) is 1. The summed E-state index contributed by atoms with van der Waals surface area (Å²) >= 11 is 1.28. The first kappa shape index (κ1) is 16.2. The number of hydrogen-bond acceptors (Lipinski definition) is 6. The van der Waals surface area contributed by atoms with E-state index in [0.29, 0.717) is 18.0 Å². The van der Waals surface area contributed by atoms with Crippen LogP contribution < -0.4 is 21.3 Å². The first-order valence-corrected chi connectivity index (χ1v) is 7.35. The van der Waals surface area contributed by atoms with Crippen molar-refractivity contribution in [3.8, 4) is 0 Å². The SMILES string of the molecule is CCN(CC)c1nc(N)c(C(=O)NCCNC(C)=O)s1. The Morgan fingerprint density at radius 2 is 1.85 bits per heavy atom. The molecule has 0 spiro atoms. The highest BCUT2D eigenvalue weighted by Gasteiger charge is 2.18. The molecule has 0 aliphatic carbocycles. The van der Waals surface area contributed by atoms with Gasteiger partial charge in [-0.1, -0.05) is 11.3 Å². The highest BCUT2D eigenvalue weighted by atomic mass is 32.1. The van der Waals surface area contributed by atoms with Crippen molar-refractivity contribution in [1.29, 1.82) is 0 Å². The minimum absolute atomic E-state index is 0.125. The molecule has 0 atom stereocenters. The quantitative estimate of drug-likeness (QED) is 0.634. The summed E-state index contributed by atoms with van der Waals surface area (Å²) in [6.07, 6.45) is 0. The molecule has 0 fully saturated rings. The van der Waals surface area contributed by atoms with E-state index in [1.54, 1.807) is 0 Å². The maximum absolute atomic E-state index is 12.0. The summed E-state index contributed by atoms with van der Waals surface area (Å²) in [5.41, 5.74) is 5.78. The van der Waals surface area contributed by atoms with Crippen molar-refractivity contribution < 1.29 is 9.59 Å². The van der Waals surface area contributed by atoms with Crippen LogP contribution in [0.5, 0.6) is 0 Å². The van der Waals surface area contributed by atoms with Crippen molar-refractivity contribution in [2.24, 2.45) is 0 Å². The summed E-state index contributed by atoms with van der Waals surface area (Å²) in [7, 11) is 0. The second kappa shape index (κ2) is 7.68. The van der Waals surface area contributed by atoms with Gasteiger partial charge in [-0.25, -0.2) is 4.98 Å². The molecule has 20 heavy (non-hydrogen) atoms. The Hall–Kier alpha value is -1.83. The number of nitrogens with zero attached hydrogens (tertiary/aromatic N) is 2. The van der Waals surface area contributed by atoms with Crippen molar-refractivity contribution >= 4 is 34.1 Å². The normalized spacial score (nSPS) is 10.2. The molecular weight excluding hydrogens is 278 g/mol. The van der Waals surface area contributed by atoms with E-state index in [0.717, 1.165) is 18.2 Å². The minimum atomic E-state index is -0.260. The molecule has 1 heterocycles. The lowest BCUT2D eigenvalue weighted by Gasteiger charge is -2.16. The lowest BCUT2D eigenvalue weighted by Crippen LogP contribution is -2.33. The number of thiazole rings is 1. The van der Waals surface area contributed by atoms with Crippen LogP contribution in [0.15, 0.2) is 0 Å². The van der Waals surface area contributed by atoms with E-state index in [1.165, 1.54) is 18.3 Å². The lowest BCUT2D eigenvalue weighted by atomic mass is 10.4. The second-order valence-corrected chi connectivity index (χ2v) is 5.10. The molecule has 1 aromatic rings. The summed E-state index contributed by atoms with van der Waals surface area (Å²) in [6.45, 7) is 7.85. The molecule has 2 amide bonds. The maximum atomic E-state index is 12.0. The smallest absolute Gasteiger partial charge is 0.265 e. The Morgan fingerprint density at radius 1 is 1.25 bits per heavy atom. The molecule has 0 saturated carbocycles. The maximum Gasteiger partial charge on any atom is 0.265 e. The number of hydrogen-bond donors (Lipinski definition) is 3. The van der Waals surface area contributed by atoms with Crippen molar-refractivity contribution in [2.75, 3.05) is 36.8 Å². The zero-order valence-electron chi connectivity index (χ0n) is 12.0. The standard InChI is InChI=1S/C12H21N5O2S/c1-4-17(5-2)12-16-10(13)9(20-12)11(19)15-7-6-14-8(3)18/h4-7,13H2,1-3H3,(H,14,18)(H,15,19). The van der Waals surface area contributed by atoms with Crippen molar-refractivity contribution in [3.63, 3.8) is 0 Å². The third-order valence-corrected chi connectivity index (χ3v) is 3.80. The van der Waals surface area contributed by atoms with Crippen LogP contribution >= 0.6 is 11.3 Å². The first-order chi connectivity index (χ1) is 9.49. The van der Waals surface area contributed by atoms with E-state index >= 15 is 0 Å². The van der Waals surface area contributed by atoms with Gasteiger partial charge in [0, 0.05) is 33.1 Å². The molecule has 4 N–H and O–H groups in total. The van der Waals surface area contributed by atoms with E-state index < -0.39 is 0 Å². The minimum Gasteiger partial charge on any atom is -0.382 e. The molecule has 0 aliphatic rings. The van der Waals surface area contributed by atoms with E-state index in [4.69, 9.17) is 5.73 Å². The predicted molar refractivity (Wildman–Crippen MR) is 81.1 cm³/mol. The number of carbonyl (C=O) groups is 2. The fourth-order valence-electron chi connectivity index (χ4n) is 1.61. The van der Waals surface area contributed by atoms with Crippen LogP contribution in [0.1, 0.15) is 30.4 Å². The summed E-state index contributed by atoms with van der Waals surface area (Å²) in [6, 6.07) is 0. The van der Waals surface area contributed by atoms with E-state index in [-0.39, 0.29) is 17.6 Å². The topological polar surface area (TPSA) is 100 Å². The Balaban J connectivity index is 2.62. The number of anilines is 2. The van der Waals surface area contributed by atoms with Gasteiger partial charge in [0.05, 0.1) is 0 Å². The average Bonchev–Trinajstić information content (AvgIpc) is 2.78. The molecule has 0 aromatic carbocycles. The summed E-state index contributed by atoms with van der Waals surface area (Å²) in [5, 5.41) is 6.05. The molecule has 8 heteroatoms. The predicted octanol–water partition coefficient (Wildman–Crippen LogP) is 0.437. The fourth-order valence-corrected chi connectivity index (χ4v) is 2.64. The number of amides is 2. The van der Waals surface area contributed by atoms with Gasteiger partial charge in [0.2, 0.25) is 5.91 Å². The Labute approximate surface area is 122 Å². The summed E-state index contributed by atoms with van der Waals surface area (Å²) in [5.74, 6) is -0.141. The fraction of sp³-hybridized carbons (Fsp3) is 0.583. The third kappa shape index (κ3) is 4.37. The van der Waals surface area contributed by atoms with E-state index in [2.05, 4.69) is 15.6 Å². The number of carbonyl (C=O) groups excluding carboxylic acids is 2. The van der Waals surface area contributed by atoms with Gasteiger partial charge in [-0.05, 0) is 13.8 Å². The lowest BCUT2D eigenvalue weighted by molar-refractivity contribution is -0.118. The number of aromatic nitrogens is 1. The van der Waals surface area contributed by atoms with Crippen LogP contribution in [0.3, 0.4) is 0 Å². The van der Waals surface area contributed by atoms with Crippen molar-refractivity contribution in [1.82, 2.24) is 15.6 Å². The van der Waals surface area contributed by atoms with Gasteiger partial charge in [-0.2, -0.15) is 0 Å². The summed E-state index contributed by atoms with van der Waals surface area (Å²) in [4.78, 5) is 29.3. The molecule has 112 valence electrons. The second-order valence-electron chi connectivity index (χ2n) is 4.12. The van der Waals surface area contributed by atoms with Gasteiger partial charge in [-0.3, -0.25) is 9.59 Å². The zero-order chi connectivity index (χ0) is 15.1. The molecule has 1 rings (SSSR count). The van der Waals surface area contributed by atoms with Crippen LogP contribution in [-0.2, 0) is 4.79 Å². The van der Waals surface area contributed by atoms with E-state index in [9.17, 15) is 9.59 Å². The van der Waals surface area contributed by atoms with Crippen LogP contribution in [-0.4, -0.2) is 43.0 Å². The monoisotopic (exact) mass is 299 g/mol. The van der Waals surface area contributed by atoms with Crippen molar-refractivity contribution in [3.05, 3.63) is 4.88 Å². The number of nitrogen functional groups attached to an aromatic ring is 1. The number of rotatable bonds is 7. The third-order valence-electron chi connectivity index (χ3n) is 2.67. The van der Waals surface area contributed by atoms with Crippen LogP contribution in [0.4, 0.5) is 10.9 Å². The van der Waals surface area contributed by atoms with Gasteiger partial charge < -0.3 is 21.3 Å². The van der Waals surface area contributed by atoms with Gasteiger partial charge in [0.15, 0.2) is 5.13 Å². The van der Waals surface area contributed by atoms with Gasteiger partial charge >= 0.3 is 0 Å². The molecule has 0 aliphatic heterocycles. The molecule has 0 saturated heterocycles. The molecule has 0 radical (unpaired) electrons. The van der Waals surface area contributed by atoms with Crippen LogP contribution in [0, 0.1) is 0 Å². The first-order valence-electron chi connectivity index (χ1n) is 6.53. The Kier molecular flexibility index (Phi) is 6.23. The Morgan fingerprint density at radius 3 is 2.40 bits per heavy atom. The van der Waals surface area contributed by atoms with E-state index in [1.807, 2.05) is 18.7 Å². The highest BCUT2D eigenvalue weighted by Crippen LogP contribution is 2.27. The van der Waals surface area contributed by atoms with Crippen LogP contribution in [0.25, 0.3) is 0 Å². The summed E-state index contributed by atoms with van der Waals surface area (Å²) < 4.78 is 0. The molecule has 1 aromatic heterocycles. The van der Waals surface area contributed by atoms with Crippen molar-refractivity contribution in [2.45, 2.75) is 20.8 Å². The molecule has 0 bridgehead atoms. The average molecular weight is 299 g/mol. The molecule has 0 unspecified atom stereocenters. The zero-order valence-corrected chi connectivity index (χ0v) is 12.8. The van der Waals surface area contributed by atoms with Crippen LogP contribution in [0.2, 0.25) is 0 Å².